The summed E-state index contributed by atoms with van der Waals surface area (Å²) in [7, 11) is 0. The van der Waals surface area contributed by atoms with Gasteiger partial charge in [-0.25, -0.2) is 4.79 Å². The first-order valence-corrected chi connectivity index (χ1v) is 6.19. The molecule has 0 bridgehead atoms. The average molecular weight is 264 g/mol. The highest BCUT2D eigenvalue weighted by Gasteiger charge is 2.00. The maximum Gasteiger partial charge on any atom is 0.330 e. The van der Waals surface area contributed by atoms with Gasteiger partial charge < -0.3 is 15.3 Å². The maximum atomic E-state index is 11.6. The van der Waals surface area contributed by atoms with Gasteiger partial charge in [0, 0.05) is 5.57 Å². The van der Waals surface area contributed by atoms with Crippen LogP contribution < -0.4 is 0 Å². The largest absolute Gasteiger partial charge is 0.478 e. The lowest BCUT2D eigenvalue weighted by atomic mass is 10.1. The molecule has 0 heterocycles. The molecule has 0 aliphatic rings. The quantitative estimate of drug-likeness (QED) is 0.441. The minimum absolute atomic E-state index is 0.148. The van der Waals surface area contributed by atoms with Crippen LogP contribution in [0.2, 0.25) is 0 Å². The van der Waals surface area contributed by atoms with Gasteiger partial charge in [0.2, 0.25) is 0 Å². The predicted molar refractivity (Wildman–Crippen MR) is 69.2 cm³/mol. The van der Waals surface area contributed by atoms with Crippen LogP contribution in [0.25, 0.3) is 0 Å². The summed E-state index contributed by atoms with van der Waals surface area (Å²) in [5.41, 5.74) is 0.176. The maximum absolute atomic E-state index is 11.6. The third kappa shape index (κ3) is 17.5. The third-order valence-corrected chi connectivity index (χ3v) is 2.25. The molecule has 0 aliphatic heterocycles. The average Bonchev–Trinajstić information content (AvgIpc) is 2.33. The number of halogens is 1. The SMILES string of the molecule is C=C(C)C(=O)O.OCC(O)CCCCCCCF. The van der Waals surface area contributed by atoms with Crippen LogP contribution in [0, 0.1) is 0 Å². The van der Waals surface area contributed by atoms with Crippen molar-refractivity contribution in [3.05, 3.63) is 12.2 Å². The number of aliphatic carboxylic acids is 1. The van der Waals surface area contributed by atoms with Crippen molar-refractivity contribution >= 4 is 5.97 Å². The topological polar surface area (TPSA) is 77.8 Å². The highest BCUT2D eigenvalue weighted by Crippen LogP contribution is 2.07. The fraction of sp³-hybridized carbons (Fsp3) is 0.769. The van der Waals surface area contributed by atoms with E-state index in [0.29, 0.717) is 12.8 Å². The number of alkyl halides is 1. The molecule has 0 fully saturated rings. The summed E-state index contributed by atoms with van der Waals surface area (Å²) in [6.45, 7) is 4.23. The molecule has 108 valence electrons. The second-order valence-corrected chi connectivity index (χ2v) is 4.17. The Balaban J connectivity index is 0. The highest BCUT2D eigenvalue weighted by molar-refractivity contribution is 5.84. The predicted octanol–water partition coefficient (Wildman–Crippen LogP) is 2.30. The van der Waals surface area contributed by atoms with E-state index in [2.05, 4.69) is 6.58 Å². The summed E-state index contributed by atoms with van der Waals surface area (Å²) in [6, 6.07) is 0. The Bertz CT molecular complexity index is 207. The number of rotatable bonds is 9. The summed E-state index contributed by atoms with van der Waals surface area (Å²) in [6.07, 6.45) is 4.67. The summed E-state index contributed by atoms with van der Waals surface area (Å²) >= 11 is 0. The van der Waals surface area contributed by atoms with Crippen molar-refractivity contribution in [3.8, 4) is 0 Å². The van der Waals surface area contributed by atoms with Crippen molar-refractivity contribution < 1.29 is 24.5 Å². The molecule has 1 unspecified atom stereocenters. The van der Waals surface area contributed by atoms with Crippen molar-refractivity contribution in [1.82, 2.24) is 0 Å². The second-order valence-electron chi connectivity index (χ2n) is 4.17. The fourth-order valence-electron chi connectivity index (χ4n) is 1.10. The Kier molecular flexibility index (Phi) is 15.2. The summed E-state index contributed by atoms with van der Waals surface area (Å²) in [5.74, 6) is -0.935. The Labute approximate surface area is 108 Å². The molecule has 0 aromatic rings. The highest BCUT2D eigenvalue weighted by atomic mass is 19.1. The minimum Gasteiger partial charge on any atom is -0.478 e. The Hall–Kier alpha value is -0.940. The third-order valence-electron chi connectivity index (χ3n) is 2.25. The number of carbonyl (C=O) groups is 1. The van der Waals surface area contributed by atoms with E-state index < -0.39 is 12.1 Å². The van der Waals surface area contributed by atoms with Gasteiger partial charge in [-0.3, -0.25) is 4.39 Å². The second kappa shape index (κ2) is 14.1. The first-order chi connectivity index (χ1) is 8.45. The molecule has 0 aromatic carbocycles. The monoisotopic (exact) mass is 264 g/mol. The van der Waals surface area contributed by atoms with Crippen LogP contribution in [0.15, 0.2) is 12.2 Å². The number of carboxylic acid groups (broad SMARTS) is 1. The molecular weight excluding hydrogens is 239 g/mol. The molecule has 0 amide bonds. The van der Waals surface area contributed by atoms with Gasteiger partial charge in [-0.15, -0.1) is 0 Å². The van der Waals surface area contributed by atoms with Crippen LogP contribution in [-0.2, 0) is 4.79 Å². The Morgan fingerprint density at radius 1 is 1.22 bits per heavy atom. The summed E-state index contributed by atoms with van der Waals surface area (Å²) in [4.78, 5) is 9.60. The van der Waals surface area contributed by atoms with Crippen LogP contribution in [0.3, 0.4) is 0 Å². The first-order valence-electron chi connectivity index (χ1n) is 6.19. The fourth-order valence-corrected chi connectivity index (χ4v) is 1.10. The minimum atomic E-state index is -0.935. The van der Waals surface area contributed by atoms with Crippen molar-refractivity contribution in [2.24, 2.45) is 0 Å². The molecule has 0 saturated heterocycles. The van der Waals surface area contributed by atoms with Crippen LogP contribution >= 0.6 is 0 Å². The lowest BCUT2D eigenvalue weighted by Gasteiger charge is -2.05. The van der Waals surface area contributed by atoms with Gasteiger partial charge in [-0.05, 0) is 19.8 Å². The van der Waals surface area contributed by atoms with Crippen molar-refractivity contribution in [2.75, 3.05) is 13.3 Å². The van der Waals surface area contributed by atoms with Crippen LogP contribution in [0.5, 0.6) is 0 Å². The number of hydrogen-bond donors (Lipinski definition) is 3. The van der Waals surface area contributed by atoms with Crippen LogP contribution in [0.1, 0.15) is 45.4 Å². The zero-order valence-electron chi connectivity index (χ0n) is 11.1. The van der Waals surface area contributed by atoms with E-state index in [1.54, 1.807) is 0 Å². The van der Waals surface area contributed by atoms with E-state index in [1.807, 2.05) is 0 Å². The molecule has 18 heavy (non-hydrogen) atoms. The summed E-state index contributed by atoms with van der Waals surface area (Å²) < 4.78 is 11.6. The number of aliphatic hydroxyl groups excluding tert-OH is 2. The lowest BCUT2D eigenvalue weighted by Crippen LogP contribution is -2.10. The van der Waals surface area contributed by atoms with Crippen LogP contribution in [0.4, 0.5) is 4.39 Å². The normalized spacial score (nSPS) is 11.3. The lowest BCUT2D eigenvalue weighted by molar-refractivity contribution is -0.132. The van der Waals surface area contributed by atoms with E-state index in [9.17, 15) is 9.18 Å². The molecule has 0 aliphatic carbocycles. The van der Waals surface area contributed by atoms with Gasteiger partial charge in [0.05, 0.1) is 19.4 Å². The van der Waals surface area contributed by atoms with Gasteiger partial charge in [0.15, 0.2) is 0 Å². The van der Waals surface area contributed by atoms with Gasteiger partial charge in [0.25, 0.3) is 0 Å². The van der Waals surface area contributed by atoms with Crippen molar-refractivity contribution in [2.45, 2.75) is 51.6 Å². The molecule has 5 heteroatoms. The summed E-state index contributed by atoms with van der Waals surface area (Å²) in [5, 5.41) is 25.3. The molecule has 0 rings (SSSR count). The van der Waals surface area contributed by atoms with E-state index in [4.69, 9.17) is 15.3 Å². The molecule has 1 atom stereocenters. The molecule has 0 saturated carbocycles. The van der Waals surface area contributed by atoms with E-state index in [0.717, 1.165) is 25.7 Å². The van der Waals surface area contributed by atoms with E-state index >= 15 is 0 Å². The molecule has 4 nitrogen and oxygen atoms in total. The van der Waals surface area contributed by atoms with Crippen LogP contribution in [-0.4, -0.2) is 40.7 Å². The smallest absolute Gasteiger partial charge is 0.330 e. The molecule has 0 aromatic heterocycles. The van der Waals surface area contributed by atoms with Gasteiger partial charge >= 0.3 is 5.97 Å². The molecule has 3 N–H and O–H groups in total. The zero-order chi connectivity index (χ0) is 14.4. The number of aliphatic hydroxyl groups is 2. The first kappa shape index (κ1) is 19.4. The number of hydrogen-bond acceptors (Lipinski definition) is 3. The van der Waals surface area contributed by atoms with E-state index in [-0.39, 0.29) is 18.9 Å². The van der Waals surface area contributed by atoms with Crippen molar-refractivity contribution in [1.29, 1.82) is 0 Å². The Morgan fingerprint density at radius 2 is 1.67 bits per heavy atom. The van der Waals surface area contributed by atoms with E-state index in [1.165, 1.54) is 6.92 Å². The van der Waals surface area contributed by atoms with Gasteiger partial charge in [-0.2, -0.15) is 0 Å². The molecular formula is C13H25FO4. The Morgan fingerprint density at radius 3 is 2.06 bits per heavy atom. The standard InChI is InChI=1S/C9H19FO2.C4H6O2/c10-7-5-3-1-2-4-6-9(12)8-11;1-3(2)4(5)6/h9,11-12H,1-8H2;1H2,2H3,(H,5,6). The number of unbranched alkanes of at least 4 members (excludes halogenated alkanes) is 4. The number of carboxylic acids is 1. The van der Waals surface area contributed by atoms with Gasteiger partial charge in [-0.1, -0.05) is 32.3 Å². The zero-order valence-corrected chi connectivity index (χ0v) is 11.1. The van der Waals surface area contributed by atoms with Crippen molar-refractivity contribution in [3.63, 3.8) is 0 Å². The molecule has 0 radical (unpaired) electrons. The molecule has 0 spiro atoms. The van der Waals surface area contributed by atoms with Gasteiger partial charge in [0.1, 0.15) is 0 Å².